The molecule has 1 fully saturated rings. The van der Waals surface area contributed by atoms with Gasteiger partial charge in [-0.05, 0) is 37.6 Å². The number of carbonyl (C=O) groups is 1. The second-order valence-corrected chi connectivity index (χ2v) is 7.92. The third kappa shape index (κ3) is 3.03. The fraction of sp³-hybridized carbons (Fsp3) is 0.263. The lowest BCUT2D eigenvalue weighted by molar-refractivity contribution is 0.0790. The first-order valence-electron chi connectivity index (χ1n) is 8.95. The normalized spacial score (nSPS) is 16.8. The molecule has 4 heterocycles. The van der Waals surface area contributed by atoms with Gasteiger partial charge >= 0.3 is 0 Å². The molecule has 1 saturated heterocycles. The summed E-state index contributed by atoms with van der Waals surface area (Å²) in [6.45, 7) is 3.18. The van der Waals surface area contributed by atoms with E-state index in [4.69, 9.17) is 4.52 Å². The molecule has 4 aromatic rings. The van der Waals surface area contributed by atoms with Crippen molar-refractivity contribution in [2.45, 2.75) is 19.3 Å². The highest BCUT2D eigenvalue weighted by Crippen LogP contribution is 2.29. The minimum atomic E-state index is 0.0154. The quantitative estimate of drug-likeness (QED) is 0.528. The van der Waals surface area contributed by atoms with Gasteiger partial charge in [-0.3, -0.25) is 4.79 Å². The van der Waals surface area contributed by atoms with E-state index in [2.05, 4.69) is 25.1 Å². The topological polar surface area (TPSA) is 97.9 Å². The lowest BCUT2D eigenvalue weighted by Gasteiger charge is -2.15. The Hall–Kier alpha value is -3.20. The molecule has 3 aromatic heterocycles. The number of nitrogens with zero attached hydrogens (tertiary/aromatic N) is 6. The van der Waals surface area contributed by atoms with E-state index in [1.807, 2.05) is 30.0 Å². The summed E-state index contributed by atoms with van der Waals surface area (Å²) in [6.07, 6.45) is 4.05. The number of likely N-dealkylation sites (tertiary alicyclic amines) is 1. The molecule has 0 radical (unpaired) electrons. The highest BCUT2D eigenvalue weighted by atomic mass is 32.1. The third-order valence-electron chi connectivity index (χ3n) is 4.77. The molecule has 0 saturated carbocycles. The van der Waals surface area contributed by atoms with Gasteiger partial charge in [0.15, 0.2) is 0 Å². The van der Waals surface area contributed by atoms with E-state index in [1.165, 1.54) is 0 Å². The van der Waals surface area contributed by atoms with Crippen LogP contribution in [0.5, 0.6) is 0 Å². The van der Waals surface area contributed by atoms with Crippen LogP contribution in [0.1, 0.15) is 33.6 Å². The van der Waals surface area contributed by atoms with Gasteiger partial charge in [-0.1, -0.05) is 5.16 Å². The van der Waals surface area contributed by atoms with Gasteiger partial charge in [0.1, 0.15) is 0 Å². The van der Waals surface area contributed by atoms with Crippen molar-refractivity contribution in [1.82, 2.24) is 30.0 Å². The number of amides is 1. The molecule has 1 aliphatic rings. The molecule has 0 bridgehead atoms. The fourth-order valence-corrected chi connectivity index (χ4v) is 4.27. The molecule has 0 spiro atoms. The van der Waals surface area contributed by atoms with Gasteiger partial charge < -0.3 is 9.42 Å². The molecule has 5 rings (SSSR count). The van der Waals surface area contributed by atoms with Gasteiger partial charge in [0, 0.05) is 31.0 Å². The van der Waals surface area contributed by atoms with Gasteiger partial charge in [0.25, 0.3) is 5.91 Å². The van der Waals surface area contributed by atoms with Gasteiger partial charge in [-0.15, -0.1) is 11.3 Å². The Labute approximate surface area is 164 Å². The molecule has 0 aliphatic carbocycles. The number of hydrogen-bond donors (Lipinski definition) is 0. The van der Waals surface area contributed by atoms with Crippen molar-refractivity contribution in [3.63, 3.8) is 0 Å². The van der Waals surface area contributed by atoms with Crippen molar-refractivity contribution < 1.29 is 9.32 Å². The molecule has 0 N–H and O–H groups in total. The smallest absolute Gasteiger partial charge is 0.253 e. The lowest BCUT2D eigenvalue weighted by Crippen LogP contribution is -2.28. The largest absolute Gasteiger partial charge is 0.338 e. The SMILES string of the molecule is Cc1nc2ccc(C(=O)N3CC[C@H](c4nc(-c5ncccn5)no4)C3)cc2s1. The average Bonchev–Trinajstić information content (AvgIpc) is 3.45. The van der Waals surface area contributed by atoms with Crippen molar-refractivity contribution in [2.24, 2.45) is 0 Å². The summed E-state index contributed by atoms with van der Waals surface area (Å²) >= 11 is 1.60. The second kappa shape index (κ2) is 6.75. The second-order valence-electron chi connectivity index (χ2n) is 6.68. The van der Waals surface area contributed by atoms with Crippen LogP contribution < -0.4 is 0 Å². The Kier molecular flexibility index (Phi) is 4.09. The maximum atomic E-state index is 12.9. The van der Waals surface area contributed by atoms with E-state index in [1.54, 1.807) is 29.8 Å². The first-order valence-corrected chi connectivity index (χ1v) is 9.76. The van der Waals surface area contributed by atoms with Crippen LogP contribution in [0, 0.1) is 6.92 Å². The number of aryl methyl sites for hydroxylation is 1. The van der Waals surface area contributed by atoms with Crippen LogP contribution in [0.25, 0.3) is 21.9 Å². The molecular formula is C19H16N6O2S. The standard InChI is InChI=1S/C19H16N6O2S/c1-11-22-14-4-3-12(9-15(14)28-11)19(26)25-8-5-13(10-25)18-23-17(24-27-18)16-20-6-2-7-21-16/h2-4,6-7,9,13H,5,8,10H2,1H3/t13-/m0/s1. The number of rotatable bonds is 3. The van der Waals surface area contributed by atoms with E-state index in [0.717, 1.165) is 21.6 Å². The highest BCUT2D eigenvalue weighted by molar-refractivity contribution is 7.18. The zero-order valence-corrected chi connectivity index (χ0v) is 15.9. The molecule has 0 unspecified atom stereocenters. The van der Waals surface area contributed by atoms with Crippen LogP contribution in [0.2, 0.25) is 0 Å². The van der Waals surface area contributed by atoms with Gasteiger partial charge in [-0.25, -0.2) is 15.0 Å². The van der Waals surface area contributed by atoms with Crippen LogP contribution >= 0.6 is 11.3 Å². The first-order chi connectivity index (χ1) is 13.7. The van der Waals surface area contributed by atoms with E-state index in [9.17, 15) is 4.79 Å². The minimum Gasteiger partial charge on any atom is -0.338 e. The highest BCUT2D eigenvalue weighted by Gasteiger charge is 2.32. The third-order valence-corrected chi connectivity index (χ3v) is 5.71. The molecule has 1 amide bonds. The Balaban J connectivity index is 1.32. The zero-order chi connectivity index (χ0) is 19.1. The van der Waals surface area contributed by atoms with Crippen LogP contribution in [-0.4, -0.2) is 49.0 Å². The van der Waals surface area contributed by atoms with Crippen LogP contribution in [0.3, 0.4) is 0 Å². The van der Waals surface area contributed by atoms with Gasteiger partial charge in [0.05, 0.1) is 21.1 Å². The predicted molar refractivity (Wildman–Crippen MR) is 103 cm³/mol. The van der Waals surface area contributed by atoms with Crippen LogP contribution in [0.15, 0.2) is 41.2 Å². The van der Waals surface area contributed by atoms with Crippen molar-refractivity contribution in [3.05, 3.63) is 53.1 Å². The molecule has 1 atom stereocenters. The van der Waals surface area contributed by atoms with Crippen molar-refractivity contribution >= 4 is 27.5 Å². The molecule has 1 aliphatic heterocycles. The molecule has 1 aromatic carbocycles. The number of benzene rings is 1. The van der Waals surface area contributed by atoms with Crippen molar-refractivity contribution in [1.29, 1.82) is 0 Å². The van der Waals surface area contributed by atoms with Crippen molar-refractivity contribution in [3.8, 4) is 11.6 Å². The van der Waals surface area contributed by atoms with E-state index in [0.29, 0.717) is 36.2 Å². The Morgan fingerprint density at radius 3 is 2.93 bits per heavy atom. The molecule has 140 valence electrons. The summed E-state index contributed by atoms with van der Waals surface area (Å²) in [5, 5.41) is 4.97. The number of thiazole rings is 1. The van der Waals surface area contributed by atoms with E-state index < -0.39 is 0 Å². The fourth-order valence-electron chi connectivity index (χ4n) is 3.41. The van der Waals surface area contributed by atoms with E-state index in [-0.39, 0.29) is 11.8 Å². The van der Waals surface area contributed by atoms with Crippen LogP contribution in [0.4, 0.5) is 0 Å². The van der Waals surface area contributed by atoms with Gasteiger partial charge in [0.2, 0.25) is 17.5 Å². The Morgan fingerprint density at radius 1 is 1.21 bits per heavy atom. The molecule has 9 heteroatoms. The maximum Gasteiger partial charge on any atom is 0.253 e. The van der Waals surface area contributed by atoms with Crippen molar-refractivity contribution in [2.75, 3.05) is 13.1 Å². The summed E-state index contributed by atoms with van der Waals surface area (Å²) in [4.78, 5) is 31.9. The number of carbonyl (C=O) groups excluding carboxylic acids is 1. The summed E-state index contributed by atoms with van der Waals surface area (Å²) in [7, 11) is 0. The van der Waals surface area contributed by atoms with Crippen LogP contribution in [-0.2, 0) is 0 Å². The summed E-state index contributed by atoms with van der Waals surface area (Å²) in [6, 6.07) is 7.40. The number of fused-ring (bicyclic) bond motifs is 1. The monoisotopic (exact) mass is 392 g/mol. The number of aromatic nitrogens is 5. The molecule has 8 nitrogen and oxygen atoms in total. The Bertz CT molecular complexity index is 1160. The number of hydrogen-bond acceptors (Lipinski definition) is 8. The average molecular weight is 392 g/mol. The predicted octanol–water partition coefficient (Wildman–Crippen LogP) is 3.07. The Morgan fingerprint density at radius 2 is 2.07 bits per heavy atom. The summed E-state index contributed by atoms with van der Waals surface area (Å²) in [5.41, 5.74) is 1.61. The summed E-state index contributed by atoms with van der Waals surface area (Å²) in [5.74, 6) is 1.35. The molecule has 28 heavy (non-hydrogen) atoms. The lowest BCUT2D eigenvalue weighted by atomic mass is 10.1. The van der Waals surface area contributed by atoms with E-state index >= 15 is 0 Å². The van der Waals surface area contributed by atoms with Gasteiger partial charge in [-0.2, -0.15) is 4.98 Å². The minimum absolute atomic E-state index is 0.0154. The summed E-state index contributed by atoms with van der Waals surface area (Å²) < 4.78 is 6.44. The zero-order valence-electron chi connectivity index (χ0n) is 15.1. The maximum absolute atomic E-state index is 12.9. The molecular weight excluding hydrogens is 376 g/mol. The first kappa shape index (κ1) is 16.9.